The molecule has 2 fully saturated rings. The fourth-order valence-electron chi connectivity index (χ4n) is 7.15. The van der Waals surface area contributed by atoms with E-state index < -0.39 is 5.97 Å². The summed E-state index contributed by atoms with van der Waals surface area (Å²) in [6.45, 7) is 11.6. The standard InChI is InChI=1S/C22H27N5O3.C16H15N5O3.C5H13NO/c1-22(2,14-28)10-8-18(29)16-6-7-17-20(24-16)27(15-9-12-26(17)13-15)21(30)25-19-5-3-4-11-23-19;22-15(23)11-4-5-12-14(18-11)21(10-6-8-20(12)9-10)16(24)19-13-3-1-2-7-17-13;1-5(2,3-6)4-7/h3-7,11,15,28H,8-10,12-14H2,1-2H3,(H,23,25,30);1-5,7,10H,6,8-9H2,(H,22,23)(H,17,19,24);7H,3-4,6H2,1-2H3/t15-;10-;/m00./s1. The van der Waals surface area contributed by atoms with Crippen LogP contribution in [0, 0.1) is 10.8 Å². The monoisotopic (exact) mass is 837 g/mol. The zero-order chi connectivity index (χ0) is 43.9. The second-order valence-electron chi connectivity index (χ2n) is 17.0. The average molecular weight is 838 g/mol. The predicted molar refractivity (Wildman–Crippen MR) is 232 cm³/mol. The maximum Gasteiger partial charge on any atom is 0.354 e. The van der Waals surface area contributed by atoms with Crippen molar-refractivity contribution in [1.82, 2.24) is 19.9 Å². The number of carbonyl (C=O) groups excluding carboxylic acids is 3. The number of rotatable bonds is 10. The number of pyridine rings is 4. The molecule has 4 aromatic heterocycles. The third-order valence-electron chi connectivity index (χ3n) is 11.1. The first-order valence-electron chi connectivity index (χ1n) is 20.4. The number of carboxylic acids is 1. The molecule has 4 amide bonds. The Balaban J connectivity index is 0.000000180. The molecule has 0 spiro atoms. The highest BCUT2D eigenvalue weighted by atomic mass is 16.4. The molecular weight excluding hydrogens is 783 g/mol. The van der Waals surface area contributed by atoms with Gasteiger partial charge >= 0.3 is 18.0 Å². The van der Waals surface area contributed by atoms with Gasteiger partial charge in [0.15, 0.2) is 23.1 Å². The number of hydrogen-bond acceptors (Lipinski definition) is 13. The minimum atomic E-state index is -1.11. The molecule has 0 aliphatic carbocycles. The van der Waals surface area contributed by atoms with Gasteiger partial charge in [-0.25, -0.2) is 34.3 Å². The molecule has 18 heteroatoms. The molecule has 324 valence electrons. The van der Waals surface area contributed by atoms with E-state index >= 15 is 0 Å². The Hall–Kier alpha value is -6.24. The second kappa shape index (κ2) is 19.0. The molecule has 4 bridgehead atoms. The van der Waals surface area contributed by atoms with Crippen LogP contribution in [-0.2, 0) is 0 Å². The van der Waals surface area contributed by atoms with Crippen LogP contribution in [0.5, 0.6) is 0 Å². The van der Waals surface area contributed by atoms with E-state index in [1.54, 1.807) is 64.7 Å². The largest absolute Gasteiger partial charge is 0.477 e. The molecule has 8 rings (SSSR count). The van der Waals surface area contributed by atoms with Crippen LogP contribution < -0.4 is 36.0 Å². The molecule has 18 nitrogen and oxygen atoms in total. The maximum absolute atomic E-state index is 13.1. The van der Waals surface area contributed by atoms with Crippen molar-refractivity contribution in [2.45, 2.75) is 65.5 Å². The van der Waals surface area contributed by atoms with Crippen LogP contribution in [0.15, 0.2) is 73.1 Å². The number of amides is 4. The number of ketones is 1. The predicted octanol–water partition coefficient (Wildman–Crippen LogP) is 4.86. The number of nitrogens with two attached hydrogens (primary N) is 1. The Morgan fingerprint density at radius 2 is 1.18 bits per heavy atom. The summed E-state index contributed by atoms with van der Waals surface area (Å²) in [5.41, 5.74) is 6.78. The first-order chi connectivity index (χ1) is 29.1. The number of carboxylic acid groups (broad SMARTS) is 1. The van der Waals surface area contributed by atoms with E-state index in [1.807, 2.05) is 39.8 Å². The van der Waals surface area contributed by atoms with Gasteiger partial charge in [0.1, 0.15) is 17.3 Å². The van der Waals surface area contributed by atoms with Gasteiger partial charge in [0, 0.05) is 63.6 Å². The summed E-state index contributed by atoms with van der Waals surface area (Å²) >= 11 is 0. The average Bonchev–Trinajstić information content (AvgIpc) is 3.89. The third kappa shape index (κ3) is 10.6. The molecule has 4 aliphatic rings. The van der Waals surface area contributed by atoms with E-state index in [1.165, 1.54) is 6.07 Å². The molecule has 0 saturated carbocycles. The van der Waals surface area contributed by atoms with Crippen molar-refractivity contribution in [3.63, 3.8) is 0 Å². The second-order valence-corrected chi connectivity index (χ2v) is 17.0. The lowest BCUT2D eigenvalue weighted by Gasteiger charge is -2.35. The fourth-order valence-corrected chi connectivity index (χ4v) is 7.15. The summed E-state index contributed by atoms with van der Waals surface area (Å²) in [6.07, 6.45) is 5.75. The topological polar surface area (TPSA) is 244 Å². The van der Waals surface area contributed by atoms with Crippen molar-refractivity contribution < 1.29 is 34.5 Å². The summed E-state index contributed by atoms with van der Waals surface area (Å²) in [5, 5.41) is 32.7. The van der Waals surface area contributed by atoms with Gasteiger partial charge in [0.05, 0.1) is 23.5 Å². The number of Topliss-reactive ketones (excluding diaryl/α,β-unsaturated/α-hetero) is 1. The maximum atomic E-state index is 13.1. The summed E-state index contributed by atoms with van der Waals surface area (Å²) in [7, 11) is 0. The van der Waals surface area contributed by atoms with Crippen molar-refractivity contribution in [2.24, 2.45) is 16.6 Å². The molecule has 0 radical (unpaired) electrons. The third-order valence-corrected chi connectivity index (χ3v) is 11.1. The molecule has 0 aromatic carbocycles. The van der Waals surface area contributed by atoms with Crippen molar-refractivity contribution in [2.75, 3.05) is 76.2 Å². The van der Waals surface area contributed by atoms with Crippen molar-refractivity contribution in [1.29, 1.82) is 0 Å². The van der Waals surface area contributed by atoms with E-state index in [0.29, 0.717) is 48.4 Å². The Morgan fingerprint density at radius 1 is 0.705 bits per heavy atom. The van der Waals surface area contributed by atoms with Gasteiger partial charge in [-0.1, -0.05) is 39.8 Å². The van der Waals surface area contributed by atoms with Crippen LogP contribution in [0.25, 0.3) is 0 Å². The lowest BCUT2D eigenvalue weighted by Crippen LogP contribution is -2.48. The molecule has 2 saturated heterocycles. The number of aliphatic hydroxyl groups excluding tert-OH is 2. The Labute approximate surface area is 354 Å². The summed E-state index contributed by atoms with van der Waals surface area (Å²) in [5.74, 6) is 0.622. The summed E-state index contributed by atoms with van der Waals surface area (Å²) in [6, 6.07) is 16.7. The molecule has 2 atom stereocenters. The lowest BCUT2D eigenvalue weighted by atomic mass is 9.87. The first-order valence-corrected chi connectivity index (χ1v) is 20.4. The minimum absolute atomic E-state index is 0.00684. The quantitative estimate of drug-likeness (QED) is 0.117. The van der Waals surface area contributed by atoms with Crippen LogP contribution in [0.4, 0.5) is 44.2 Å². The van der Waals surface area contributed by atoms with Gasteiger partial charge in [-0.15, -0.1) is 0 Å². The first kappa shape index (κ1) is 44.3. The smallest absolute Gasteiger partial charge is 0.354 e. The Morgan fingerprint density at radius 3 is 1.59 bits per heavy atom. The van der Waals surface area contributed by atoms with Crippen LogP contribution in [0.1, 0.15) is 74.4 Å². The van der Waals surface area contributed by atoms with E-state index in [9.17, 15) is 29.4 Å². The fraction of sp³-hybridized carbons (Fsp3) is 0.442. The van der Waals surface area contributed by atoms with E-state index in [4.69, 9.17) is 10.8 Å². The summed E-state index contributed by atoms with van der Waals surface area (Å²) < 4.78 is 0. The highest BCUT2D eigenvalue weighted by molar-refractivity contribution is 6.06. The number of carbonyl (C=O) groups is 4. The molecule has 61 heavy (non-hydrogen) atoms. The number of fused-ring (bicyclic) bond motifs is 8. The Bertz CT molecular complexity index is 2190. The van der Waals surface area contributed by atoms with Gasteiger partial charge in [0.25, 0.3) is 0 Å². The van der Waals surface area contributed by atoms with Crippen LogP contribution in [0.2, 0.25) is 0 Å². The van der Waals surface area contributed by atoms with E-state index in [0.717, 1.165) is 50.4 Å². The zero-order valence-electron chi connectivity index (χ0n) is 35.0. The van der Waals surface area contributed by atoms with Crippen molar-refractivity contribution in [3.8, 4) is 0 Å². The number of hydrogen-bond donors (Lipinski definition) is 6. The van der Waals surface area contributed by atoms with Gasteiger partial charge in [-0.3, -0.25) is 25.2 Å². The zero-order valence-corrected chi connectivity index (χ0v) is 35.0. The number of urea groups is 2. The normalized spacial score (nSPS) is 17.2. The molecule has 8 heterocycles. The highest BCUT2D eigenvalue weighted by Gasteiger charge is 2.42. The number of aromatic nitrogens is 4. The van der Waals surface area contributed by atoms with Gasteiger partial charge < -0.3 is 30.9 Å². The number of aromatic carboxylic acids is 1. The number of nitrogens with zero attached hydrogens (tertiary/aromatic N) is 8. The highest BCUT2D eigenvalue weighted by Crippen LogP contribution is 2.40. The van der Waals surface area contributed by atoms with E-state index in [2.05, 4.69) is 40.4 Å². The number of anilines is 6. The molecule has 4 aliphatic heterocycles. The van der Waals surface area contributed by atoms with Crippen LogP contribution >= 0.6 is 0 Å². The van der Waals surface area contributed by atoms with Gasteiger partial charge in [-0.05, 0) is 79.8 Å². The SMILES string of the molecule is CC(C)(CN)CO.CC(C)(CO)CCC(=O)c1ccc2c(n1)N(C(=O)Nc1ccccn1)[C@H]1CCN2C1.O=C(O)c1ccc2c(n1)N(C(=O)Nc1ccccn1)[C@H]1CCN2C1. The van der Waals surface area contributed by atoms with E-state index in [-0.39, 0.29) is 59.7 Å². The van der Waals surface area contributed by atoms with Gasteiger partial charge in [0.2, 0.25) is 0 Å². The summed E-state index contributed by atoms with van der Waals surface area (Å²) in [4.78, 5) is 74.5. The molecule has 0 unspecified atom stereocenters. The minimum Gasteiger partial charge on any atom is -0.477 e. The van der Waals surface area contributed by atoms with Crippen molar-refractivity contribution in [3.05, 3.63) is 84.4 Å². The molecule has 4 aromatic rings. The van der Waals surface area contributed by atoms with Gasteiger partial charge in [-0.2, -0.15) is 0 Å². The number of nitrogens with one attached hydrogen (secondary N) is 2. The Kier molecular flexibility index (Phi) is 13.8. The lowest BCUT2D eigenvalue weighted by molar-refractivity contribution is 0.0690. The molecular formula is C43H55N11O7. The number of aliphatic hydroxyl groups is 2. The molecule has 7 N–H and O–H groups in total. The van der Waals surface area contributed by atoms with Crippen LogP contribution in [-0.4, -0.2) is 117 Å². The van der Waals surface area contributed by atoms with Crippen molar-refractivity contribution >= 4 is 58.5 Å². The van der Waals surface area contributed by atoms with Crippen LogP contribution in [0.3, 0.4) is 0 Å².